The van der Waals surface area contributed by atoms with Gasteiger partial charge in [-0.2, -0.15) is 5.26 Å². The number of nitrogens with one attached hydrogen (secondary N) is 1. The molecule has 1 aliphatic carbocycles. The number of hydrogen-bond donors (Lipinski definition) is 1. The van der Waals surface area contributed by atoms with E-state index in [1.165, 1.54) is 25.0 Å². The summed E-state index contributed by atoms with van der Waals surface area (Å²) in [6.45, 7) is 1.60. The van der Waals surface area contributed by atoms with E-state index in [1.807, 2.05) is 12.3 Å². The SMILES string of the molecule is N#Cc1cc(F)ccc1N1CCC(Nc2ccnc(C3CC3)n2)C1. The molecule has 1 atom stereocenters. The molecule has 0 spiro atoms. The molecular formula is C18H18FN5. The number of aromatic nitrogens is 2. The van der Waals surface area contributed by atoms with E-state index in [0.717, 1.165) is 36.8 Å². The van der Waals surface area contributed by atoms with Crippen LogP contribution in [0.15, 0.2) is 30.5 Å². The summed E-state index contributed by atoms with van der Waals surface area (Å²) in [6, 6.07) is 8.62. The molecular weight excluding hydrogens is 305 g/mol. The van der Waals surface area contributed by atoms with Crippen molar-refractivity contribution in [3.05, 3.63) is 47.7 Å². The summed E-state index contributed by atoms with van der Waals surface area (Å²) in [5, 5.41) is 12.7. The second kappa shape index (κ2) is 6.08. The van der Waals surface area contributed by atoms with Gasteiger partial charge in [0.1, 0.15) is 23.5 Å². The van der Waals surface area contributed by atoms with Crippen LogP contribution in [0.4, 0.5) is 15.9 Å². The van der Waals surface area contributed by atoms with Gasteiger partial charge < -0.3 is 10.2 Å². The first-order valence-corrected chi connectivity index (χ1v) is 8.27. The van der Waals surface area contributed by atoms with Crippen LogP contribution in [0.5, 0.6) is 0 Å². The van der Waals surface area contributed by atoms with Crippen molar-refractivity contribution in [1.82, 2.24) is 9.97 Å². The fourth-order valence-corrected chi connectivity index (χ4v) is 3.17. The van der Waals surface area contributed by atoms with Gasteiger partial charge in [-0.3, -0.25) is 0 Å². The maximum atomic E-state index is 13.3. The molecule has 24 heavy (non-hydrogen) atoms. The first kappa shape index (κ1) is 14.9. The first-order valence-electron chi connectivity index (χ1n) is 8.27. The maximum absolute atomic E-state index is 13.3. The van der Waals surface area contributed by atoms with Gasteiger partial charge in [0.2, 0.25) is 0 Å². The van der Waals surface area contributed by atoms with E-state index in [1.54, 1.807) is 6.07 Å². The van der Waals surface area contributed by atoms with Gasteiger partial charge in [0.05, 0.1) is 11.3 Å². The van der Waals surface area contributed by atoms with Gasteiger partial charge in [-0.15, -0.1) is 0 Å². The Bertz CT molecular complexity index is 796. The molecule has 1 aromatic carbocycles. The van der Waals surface area contributed by atoms with Gasteiger partial charge in [0.25, 0.3) is 0 Å². The number of rotatable bonds is 4. The van der Waals surface area contributed by atoms with Crippen LogP contribution in [0.2, 0.25) is 0 Å². The average Bonchev–Trinajstić information content (AvgIpc) is 3.35. The molecule has 1 saturated heterocycles. The van der Waals surface area contributed by atoms with Gasteiger partial charge in [0.15, 0.2) is 0 Å². The van der Waals surface area contributed by atoms with Gasteiger partial charge >= 0.3 is 0 Å². The summed E-state index contributed by atoms with van der Waals surface area (Å²) in [5.74, 6) is 1.94. The fraction of sp³-hybridized carbons (Fsp3) is 0.389. The molecule has 1 saturated carbocycles. The molecule has 0 radical (unpaired) electrons. The number of hydrogen-bond acceptors (Lipinski definition) is 5. The summed E-state index contributed by atoms with van der Waals surface area (Å²) in [4.78, 5) is 11.1. The molecule has 4 rings (SSSR count). The highest BCUT2D eigenvalue weighted by molar-refractivity contribution is 5.60. The molecule has 122 valence electrons. The number of nitriles is 1. The number of nitrogens with zero attached hydrogens (tertiary/aromatic N) is 4. The van der Waals surface area contributed by atoms with Crippen LogP contribution in [0.3, 0.4) is 0 Å². The summed E-state index contributed by atoms with van der Waals surface area (Å²) >= 11 is 0. The van der Waals surface area contributed by atoms with Crippen LogP contribution in [0, 0.1) is 17.1 Å². The van der Waals surface area contributed by atoms with E-state index in [-0.39, 0.29) is 11.9 Å². The predicted octanol–water partition coefficient (Wildman–Crippen LogP) is 3.06. The van der Waals surface area contributed by atoms with E-state index in [0.29, 0.717) is 11.5 Å². The second-order valence-electron chi connectivity index (χ2n) is 6.42. The van der Waals surface area contributed by atoms with Crippen LogP contribution in [-0.4, -0.2) is 29.1 Å². The zero-order valence-corrected chi connectivity index (χ0v) is 13.2. The molecule has 1 N–H and O–H groups in total. The molecule has 1 aromatic heterocycles. The van der Waals surface area contributed by atoms with Crippen molar-refractivity contribution in [2.75, 3.05) is 23.3 Å². The van der Waals surface area contributed by atoms with E-state index in [4.69, 9.17) is 0 Å². The number of benzene rings is 1. The number of halogens is 1. The average molecular weight is 323 g/mol. The monoisotopic (exact) mass is 323 g/mol. The Hall–Kier alpha value is -2.68. The molecule has 2 aliphatic rings. The highest BCUT2D eigenvalue weighted by atomic mass is 19.1. The van der Waals surface area contributed by atoms with Crippen molar-refractivity contribution in [1.29, 1.82) is 5.26 Å². The molecule has 5 nitrogen and oxygen atoms in total. The molecule has 2 fully saturated rings. The van der Waals surface area contributed by atoms with Crippen molar-refractivity contribution >= 4 is 11.5 Å². The molecule has 2 heterocycles. The zero-order chi connectivity index (χ0) is 16.5. The summed E-state index contributed by atoms with van der Waals surface area (Å²) in [6.07, 6.45) is 5.12. The molecule has 2 aromatic rings. The third-order valence-corrected chi connectivity index (χ3v) is 4.58. The number of anilines is 2. The molecule has 6 heteroatoms. The highest BCUT2D eigenvalue weighted by Crippen LogP contribution is 2.38. The molecule has 1 unspecified atom stereocenters. The van der Waals surface area contributed by atoms with Crippen LogP contribution in [0.1, 0.15) is 36.6 Å². The quantitative estimate of drug-likeness (QED) is 0.937. The Kier molecular flexibility index (Phi) is 3.77. The van der Waals surface area contributed by atoms with Crippen LogP contribution in [0.25, 0.3) is 0 Å². The Balaban J connectivity index is 1.45. The zero-order valence-electron chi connectivity index (χ0n) is 13.2. The normalized spacial score (nSPS) is 20.0. The minimum atomic E-state index is -0.377. The standard InChI is InChI=1S/C18H18FN5/c19-14-3-4-16(13(9-14)10-20)24-8-6-15(11-24)22-17-5-7-21-18(23-17)12-1-2-12/h3-5,7,9,12,15H,1-2,6,8,11H2,(H,21,22,23). The van der Waals surface area contributed by atoms with E-state index >= 15 is 0 Å². The summed E-state index contributed by atoms with van der Waals surface area (Å²) in [7, 11) is 0. The van der Waals surface area contributed by atoms with Crippen molar-refractivity contribution in [3.63, 3.8) is 0 Å². The largest absolute Gasteiger partial charge is 0.368 e. The van der Waals surface area contributed by atoms with E-state index < -0.39 is 0 Å². The Labute approximate surface area is 140 Å². The lowest BCUT2D eigenvalue weighted by Gasteiger charge is -2.20. The Morgan fingerprint density at radius 3 is 2.92 bits per heavy atom. The van der Waals surface area contributed by atoms with Gasteiger partial charge in [0, 0.05) is 31.2 Å². The van der Waals surface area contributed by atoms with Crippen molar-refractivity contribution in [2.45, 2.75) is 31.2 Å². The van der Waals surface area contributed by atoms with Crippen molar-refractivity contribution < 1.29 is 4.39 Å². The fourth-order valence-electron chi connectivity index (χ4n) is 3.17. The van der Waals surface area contributed by atoms with Crippen LogP contribution >= 0.6 is 0 Å². The highest BCUT2D eigenvalue weighted by Gasteiger charge is 2.28. The Morgan fingerprint density at radius 1 is 1.25 bits per heavy atom. The second-order valence-corrected chi connectivity index (χ2v) is 6.42. The topological polar surface area (TPSA) is 64.8 Å². The smallest absolute Gasteiger partial charge is 0.133 e. The summed E-state index contributed by atoms with van der Waals surface area (Å²) < 4.78 is 13.3. The Morgan fingerprint density at radius 2 is 2.12 bits per heavy atom. The van der Waals surface area contributed by atoms with Crippen molar-refractivity contribution in [3.8, 4) is 6.07 Å². The minimum Gasteiger partial charge on any atom is -0.368 e. The van der Waals surface area contributed by atoms with Crippen LogP contribution < -0.4 is 10.2 Å². The van der Waals surface area contributed by atoms with Gasteiger partial charge in [-0.25, -0.2) is 14.4 Å². The van der Waals surface area contributed by atoms with Crippen molar-refractivity contribution in [2.24, 2.45) is 0 Å². The molecule has 0 amide bonds. The maximum Gasteiger partial charge on any atom is 0.133 e. The van der Waals surface area contributed by atoms with Crippen LogP contribution in [-0.2, 0) is 0 Å². The third kappa shape index (κ3) is 3.02. The lowest BCUT2D eigenvalue weighted by molar-refractivity contribution is 0.627. The predicted molar refractivity (Wildman–Crippen MR) is 89.4 cm³/mol. The lowest BCUT2D eigenvalue weighted by Crippen LogP contribution is -2.27. The van der Waals surface area contributed by atoms with Gasteiger partial charge in [-0.05, 0) is 43.5 Å². The lowest BCUT2D eigenvalue weighted by atomic mass is 10.1. The third-order valence-electron chi connectivity index (χ3n) is 4.58. The molecule has 0 bridgehead atoms. The molecule has 1 aliphatic heterocycles. The van der Waals surface area contributed by atoms with E-state index in [9.17, 15) is 9.65 Å². The van der Waals surface area contributed by atoms with E-state index in [2.05, 4.69) is 26.3 Å². The minimum absolute atomic E-state index is 0.253. The summed E-state index contributed by atoms with van der Waals surface area (Å²) in [5.41, 5.74) is 1.18. The van der Waals surface area contributed by atoms with Gasteiger partial charge in [-0.1, -0.05) is 0 Å². The first-order chi connectivity index (χ1) is 11.7.